The molecule has 2 amide bonds. The lowest BCUT2D eigenvalue weighted by Crippen LogP contribution is -2.29. The first-order valence-electron chi connectivity index (χ1n) is 10.6. The average molecular weight is 503 g/mol. The predicted octanol–water partition coefficient (Wildman–Crippen LogP) is 4.43. The van der Waals surface area contributed by atoms with Crippen LogP contribution in [-0.4, -0.2) is 53.5 Å². The zero-order valence-electron chi connectivity index (χ0n) is 19.1. The molecule has 2 N–H and O–H groups in total. The first-order chi connectivity index (χ1) is 16.4. The lowest BCUT2D eigenvalue weighted by atomic mass is 10.1. The number of carbonyl (C=O) groups excluding carboxylic acids is 2. The predicted molar refractivity (Wildman–Crippen MR) is 137 cm³/mol. The van der Waals surface area contributed by atoms with Gasteiger partial charge in [-0.3, -0.25) is 14.5 Å². The highest BCUT2D eigenvalue weighted by molar-refractivity contribution is 8.26. The van der Waals surface area contributed by atoms with Crippen LogP contribution >= 0.6 is 24.0 Å². The molecule has 3 rings (SSSR count). The van der Waals surface area contributed by atoms with E-state index < -0.39 is 0 Å². The normalized spacial score (nSPS) is 14.4. The molecule has 1 aliphatic heterocycles. The number of nitrogens with zero attached hydrogens (tertiary/aromatic N) is 1. The van der Waals surface area contributed by atoms with Gasteiger partial charge in [-0.1, -0.05) is 24.0 Å². The highest BCUT2D eigenvalue weighted by atomic mass is 32.2. The van der Waals surface area contributed by atoms with E-state index in [1.165, 1.54) is 30.9 Å². The number of thioether (sulfide) groups is 1. The molecular weight excluding hydrogens is 476 g/mol. The van der Waals surface area contributed by atoms with E-state index in [1.807, 2.05) is 6.92 Å². The van der Waals surface area contributed by atoms with Gasteiger partial charge in [-0.2, -0.15) is 0 Å². The average Bonchev–Trinajstić information content (AvgIpc) is 3.08. The number of thiocarbonyl (C=S) groups is 1. The zero-order chi connectivity index (χ0) is 24.7. The van der Waals surface area contributed by atoms with Crippen molar-refractivity contribution >= 4 is 51.9 Å². The van der Waals surface area contributed by atoms with Crippen LogP contribution in [0.4, 0.5) is 5.69 Å². The quantitative estimate of drug-likeness (QED) is 0.364. The van der Waals surface area contributed by atoms with Crippen molar-refractivity contribution in [2.45, 2.75) is 19.8 Å². The molecule has 0 unspecified atom stereocenters. The molecule has 0 aliphatic carbocycles. The van der Waals surface area contributed by atoms with Crippen molar-refractivity contribution in [3.63, 3.8) is 0 Å². The monoisotopic (exact) mass is 502 g/mol. The fourth-order valence-corrected chi connectivity index (χ4v) is 4.57. The van der Waals surface area contributed by atoms with E-state index in [1.54, 1.807) is 42.5 Å². The number of rotatable bonds is 10. The number of nitrogens with one attached hydrogen (secondary N) is 1. The molecule has 2 aromatic carbocycles. The van der Waals surface area contributed by atoms with Gasteiger partial charge in [0.1, 0.15) is 10.1 Å². The maximum Gasteiger partial charge on any atom is 0.266 e. The molecule has 1 aliphatic rings. The molecule has 34 heavy (non-hydrogen) atoms. The Balaban J connectivity index is 1.57. The van der Waals surface area contributed by atoms with E-state index >= 15 is 0 Å². The number of hydrogen-bond donors (Lipinski definition) is 2. The van der Waals surface area contributed by atoms with Crippen molar-refractivity contribution in [2.75, 3.05) is 32.7 Å². The van der Waals surface area contributed by atoms with Gasteiger partial charge in [0.25, 0.3) is 5.91 Å². The highest BCUT2D eigenvalue weighted by Crippen LogP contribution is 2.39. The number of methoxy groups -OCH3 is 2. The van der Waals surface area contributed by atoms with Crippen LogP contribution < -0.4 is 19.5 Å². The molecule has 0 bridgehead atoms. The van der Waals surface area contributed by atoms with Crippen molar-refractivity contribution in [1.29, 1.82) is 0 Å². The minimum atomic E-state index is -0.229. The number of hydrogen-bond acceptors (Lipinski definition) is 8. The van der Waals surface area contributed by atoms with Gasteiger partial charge in [0, 0.05) is 18.7 Å². The second kappa shape index (κ2) is 11.8. The minimum Gasteiger partial charge on any atom is -0.502 e. The van der Waals surface area contributed by atoms with Crippen LogP contribution in [0.25, 0.3) is 6.08 Å². The summed E-state index contributed by atoms with van der Waals surface area (Å²) >= 11 is 6.56. The van der Waals surface area contributed by atoms with Crippen molar-refractivity contribution in [1.82, 2.24) is 4.90 Å². The fourth-order valence-electron chi connectivity index (χ4n) is 3.26. The zero-order valence-corrected chi connectivity index (χ0v) is 20.8. The van der Waals surface area contributed by atoms with Gasteiger partial charge in [-0.05, 0) is 61.4 Å². The summed E-state index contributed by atoms with van der Waals surface area (Å²) in [5.41, 5.74) is 1.31. The Bertz CT molecular complexity index is 1080. The van der Waals surface area contributed by atoms with E-state index in [0.29, 0.717) is 40.0 Å². The third kappa shape index (κ3) is 6.21. The second-order valence-corrected chi connectivity index (χ2v) is 8.89. The van der Waals surface area contributed by atoms with Crippen LogP contribution in [0.15, 0.2) is 41.3 Å². The van der Waals surface area contributed by atoms with E-state index in [-0.39, 0.29) is 35.5 Å². The summed E-state index contributed by atoms with van der Waals surface area (Å²) < 4.78 is 16.2. The van der Waals surface area contributed by atoms with Crippen LogP contribution in [0, 0.1) is 0 Å². The number of ether oxygens (including phenoxy) is 3. The number of benzene rings is 2. The maximum absolute atomic E-state index is 12.9. The number of anilines is 1. The Labute approximate surface area is 207 Å². The van der Waals surface area contributed by atoms with Gasteiger partial charge in [0.15, 0.2) is 11.5 Å². The number of carbonyl (C=O) groups is 2. The van der Waals surface area contributed by atoms with Crippen molar-refractivity contribution < 1.29 is 28.9 Å². The lowest BCUT2D eigenvalue weighted by Gasteiger charge is -2.14. The summed E-state index contributed by atoms with van der Waals surface area (Å²) in [5.74, 6) is 0.728. The first kappa shape index (κ1) is 25.4. The molecule has 180 valence electrons. The number of phenols is 1. The Kier molecular flexibility index (Phi) is 8.78. The molecule has 2 aromatic rings. The molecule has 1 saturated heterocycles. The van der Waals surface area contributed by atoms with Crippen LogP contribution in [0.3, 0.4) is 0 Å². The van der Waals surface area contributed by atoms with Gasteiger partial charge in [0.2, 0.25) is 11.7 Å². The lowest BCUT2D eigenvalue weighted by molar-refractivity contribution is -0.122. The van der Waals surface area contributed by atoms with Crippen LogP contribution in [0.1, 0.15) is 25.3 Å². The van der Waals surface area contributed by atoms with Crippen molar-refractivity contribution in [2.24, 2.45) is 0 Å². The molecule has 1 heterocycles. The van der Waals surface area contributed by atoms with Crippen molar-refractivity contribution in [3.8, 4) is 23.0 Å². The third-order valence-corrected chi connectivity index (χ3v) is 6.29. The van der Waals surface area contributed by atoms with Gasteiger partial charge in [0.05, 0.1) is 25.7 Å². The number of amides is 2. The first-order valence-corrected chi connectivity index (χ1v) is 11.8. The molecule has 8 nitrogen and oxygen atoms in total. The summed E-state index contributed by atoms with van der Waals surface area (Å²) in [6.07, 6.45) is 2.38. The van der Waals surface area contributed by atoms with E-state index in [0.717, 1.165) is 5.75 Å². The van der Waals surface area contributed by atoms with Crippen LogP contribution in [0.2, 0.25) is 0 Å². The summed E-state index contributed by atoms with van der Waals surface area (Å²) in [6.45, 7) is 2.82. The summed E-state index contributed by atoms with van der Waals surface area (Å²) in [6, 6.07) is 10.4. The number of aromatic hydroxyl groups is 1. The van der Waals surface area contributed by atoms with Gasteiger partial charge < -0.3 is 24.6 Å². The Hall–Kier alpha value is -3.24. The summed E-state index contributed by atoms with van der Waals surface area (Å²) in [5, 5.41) is 12.9. The Morgan fingerprint density at radius 2 is 1.82 bits per heavy atom. The SMILES string of the molecule is CCOc1ccc(NC(=O)CCCN2C(=O)/C(=C/c3cc(OC)c(O)c(OC)c3)SC2=S)cc1. The minimum absolute atomic E-state index is 0.113. The van der Waals surface area contributed by atoms with Gasteiger partial charge in [-0.25, -0.2) is 0 Å². The van der Waals surface area contributed by atoms with Crippen LogP contribution in [0.5, 0.6) is 23.0 Å². The summed E-state index contributed by atoms with van der Waals surface area (Å²) in [7, 11) is 2.87. The van der Waals surface area contributed by atoms with E-state index in [4.69, 9.17) is 26.4 Å². The van der Waals surface area contributed by atoms with Crippen LogP contribution in [-0.2, 0) is 9.59 Å². The Morgan fingerprint density at radius 3 is 2.41 bits per heavy atom. The topological polar surface area (TPSA) is 97.3 Å². The molecule has 1 fully saturated rings. The molecule has 0 saturated carbocycles. The molecule has 0 atom stereocenters. The van der Waals surface area contributed by atoms with Gasteiger partial charge >= 0.3 is 0 Å². The molecule has 0 aromatic heterocycles. The molecule has 0 spiro atoms. The van der Waals surface area contributed by atoms with E-state index in [9.17, 15) is 14.7 Å². The molecular formula is C24H26N2O6S2. The number of phenolic OH excluding ortho intramolecular Hbond substituents is 1. The van der Waals surface area contributed by atoms with Crippen molar-refractivity contribution in [3.05, 3.63) is 46.9 Å². The smallest absolute Gasteiger partial charge is 0.266 e. The highest BCUT2D eigenvalue weighted by Gasteiger charge is 2.31. The van der Waals surface area contributed by atoms with E-state index in [2.05, 4.69) is 5.32 Å². The fraction of sp³-hybridized carbons (Fsp3) is 0.292. The largest absolute Gasteiger partial charge is 0.502 e. The maximum atomic E-state index is 12.9. The van der Waals surface area contributed by atoms with Gasteiger partial charge in [-0.15, -0.1) is 0 Å². The third-order valence-electron chi connectivity index (χ3n) is 4.91. The molecule has 0 radical (unpaired) electrons. The second-order valence-electron chi connectivity index (χ2n) is 7.22. The Morgan fingerprint density at radius 1 is 1.18 bits per heavy atom. The molecule has 10 heteroatoms. The standard InChI is InChI=1S/C24H26N2O6S2/c1-4-32-17-9-7-16(8-10-17)25-21(27)6-5-11-26-23(29)20(34-24(26)33)14-15-12-18(30-2)22(28)19(13-15)31-3/h7-10,12-14,28H,4-6,11H2,1-3H3,(H,25,27)/b20-14-. The summed E-state index contributed by atoms with van der Waals surface area (Å²) in [4.78, 5) is 27.1.